The largest absolute Gasteiger partial charge is 1.00 e. The number of aromatic nitrogens is 4. The molecule has 0 aromatic carbocycles. The number of carboxylic acids is 2. The Morgan fingerprint density at radius 2 is 0.965 bits per heavy atom. The molecule has 6 heterocycles. The summed E-state index contributed by atoms with van der Waals surface area (Å²) in [7, 11) is -10.3. The molecule has 4 aromatic rings. The Morgan fingerprint density at radius 3 is 1.24 bits per heavy atom. The van der Waals surface area contributed by atoms with Gasteiger partial charge in [0.05, 0.1) is 60.9 Å². The number of nitrogens with two attached hydrogens (primary N) is 2. The van der Waals surface area contributed by atoms with Crippen molar-refractivity contribution < 1.29 is 164 Å². The first-order valence-corrected chi connectivity index (χ1v) is 27.3. The van der Waals surface area contributed by atoms with E-state index in [2.05, 4.69) is 52.2 Å². The topological polar surface area (TPSA) is 616 Å². The number of anilines is 2. The Balaban J connectivity index is 0.000000440. The SMILES string of the molecule is CC(C)(O/N=C(\C(=O)N[C@@H]1C(=O)N(S(=O)(=O)O)[C@@H]1CNC(=O)NCc1cc(=O)c(O)cn1O)c1csc(N)n1)C(=O)[O-].CC(C)(O/N=C(\C(=O)N[C@@H]1C(=O)N(S(=O)(=O)O)[C@@H]1CNC(=O)NCc1cc(=O)c(O)cn1O)c1csc(N)n1)C(=O)[O-].[Na+].[Na+]. The molecule has 2 saturated heterocycles. The van der Waals surface area contributed by atoms with Gasteiger partial charge in [-0.2, -0.15) is 26.3 Å². The fraction of sp³-hybridized carbons (Fsp3) is 0.350. The van der Waals surface area contributed by atoms with Gasteiger partial charge in [0.15, 0.2) is 44.4 Å². The van der Waals surface area contributed by atoms with E-state index >= 15 is 0 Å². The van der Waals surface area contributed by atoms with Crippen LogP contribution in [0.15, 0.2) is 55.2 Å². The van der Waals surface area contributed by atoms with Crippen molar-refractivity contribution in [1.29, 1.82) is 0 Å². The second-order valence-electron chi connectivity index (χ2n) is 17.9. The summed E-state index contributed by atoms with van der Waals surface area (Å²) in [6, 6.07) is -6.76. The summed E-state index contributed by atoms with van der Waals surface area (Å²) in [4.78, 5) is 139. The molecule has 0 unspecified atom stereocenters. The van der Waals surface area contributed by atoms with Crippen molar-refractivity contribution in [2.75, 3.05) is 24.6 Å². The number of nitrogens with one attached hydrogen (secondary N) is 6. The van der Waals surface area contributed by atoms with Crippen molar-refractivity contribution in [1.82, 2.24) is 59.9 Å². The van der Waals surface area contributed by atoms with Crippen molar-refractivity contribution >= 4 is 113 Å². The van der Waals surface area contributed by atoms with E-state index in [1.807, 2.05) is 0 Å². The second-order valence-corrected chi connectivity index (χ2v) is 22.3. The summed E-state index contributed by atoms with van der Waals surface area (Å²) in [5, 5.41) is 83.2. The van der Waals surface area contributed by atoms with Crippen LogP contribution in [0.3, 0.4) is 0 Å². The Kier molecular flexibility index (Phi) is 24.4. The number of thiazole rings is 2. The standard InChI is InChI=1S/2C20H24N8O12S2.2Na/c2*1-20(2,17(33)34)40-26-13(9-7-41-18(21)24-9)15(31)25-14-10(28(16(14)32)42(37,38)39)5-23-19(35)22-4-8-3-11(29)12(30)6-27(8)36;;/h2*3,6-7,10,14,30,36H,4-5H2,1-2H3,(H2,21,24)(H,25,31)(H,33,34)(H2,22,23,35)(H,37,38,39);;/q;;2*+1/p-2/b2*26-13-;;/t2*10-,14+;;/m11../s1. The van der Waals surface area contributed by atoms with Crippen LogP contribution in [0.2, 0.25) is 0 Å². The normalized spacial score (nSPS) is 16.9. The number of nitrogens with zero attached hydrogens (tertiary/aromatic N) is 8. The number of β-lactam (4-membered cyclic amide) rings is 2. The molecule has 0 saturated carbocycles. The zero-order chi connectivity index (χ0) is 63.1. The molecule has 86 heavy (non-hydrogen) atoms. The molecular weight excluding hydrogens is 1260 g/mol. The third kappa shape index (κ3) is 18.1. The molecule has 2 aliphatic rings. The zero-order valence-corrected chi connectivity index (χ0v) is 52.3. The van der Waals surface area contributed by atoms with Crippen LogP contribution in [0.5, 0.6) is 11.5 Å². The van der Waals surface area contributed by atoms with Crippen LogP contribution in [-0.4, -0.2) is 182 Å². The molecule has 2 aliphatic heterocycles. The van der Waals surface area contributed by atoms with E-state index in [-0.39, 0.29) is 101 Å². The number of hydrogen-bond acceptors (Lipinski definition) is 30. The van der Waals surface area contributed by atoms with Gasteiger partial charge in [0, 0.05) is 36.0 Å². The maximum Gasteiger partial charge on any atom is 1.00 e. The molecule has 4 aromatic heterocycles. The number of oxime groups is 2. The summed E-state index contributed by atoms with van der Waals surface area (Å²) in [5.41, 5.74) is 3.50. The average molecular weight is 1310 g/mol. The molecule has 0 bridgehead atoms. The number of aromatic hydroxyl groups is 2. The maximum absolute atomic E-state index is 13.1. The van der Waals surface area contributed by atoms with E-state index in [0.717, 1.165) is 62.5 Å². The van der Waals surface area contributed by atoms with Gasteiger partial charge >= 0.3 is 91.8 Å². The second kappa shape index (κ2) is 29.0. The monoisotopic (exact) mass is 1310 g/mol. The number of carboxylic acid groups (broad SMARTS) is 2. The van der Waals surface area contributed by atoms with Crippen molar-refractivity contribution in [3.8, 4) is 11.5 Å². The minimum atomic E-state index is -5.15. The summed E-state index contributed by atoms with van der Waals surface area (Å²) >= 11 is 1.77. The number of hydrogen-bond donors (Lipinski definition) is 14. The molecule has 6 rings (SSSR count). The van der Waals surface area contributed by atoms with Crippen LogP contribution < -0.4 is 124 Å². The molecule has 40 nitrogen and oxygen atoms in total. The number of pyridine rings is 2. The first kappa shape index (κ1) is 72.3. The van der Waals surface area contributed by atoms with E-state index in [9.17, 15) is 105 Å². The third-order valence-corrected chi connectivity index (χ3v) is 14.3. The summed E-state index contributed by atoms with van der Waals surface area (Å²) in [5.74, 6) is -9.83. The Hall–Kier alpha value is -7.92. The van der Waals surface area contributed by atoms with Crippen molar-refractivity contribution in [3.05, 3.63) is 78.5 Å². The van der Waals surface area contributed by atoms with Gasteiger partial charge in [-0.1, -0.05) is 10.3 Å². The Labute approximate surface area is 533 Å². The predicted molar refractivity (Wildman–Crippen MR) is 274 cm³/mol. The fourth-order valence-corrected chi connectivity index (χ4v) is 9.43. The molecular formula is C40H46N16Na2O24S4. The van der Waals surface area contributed by atoms with Crippen LogP contribution in [0.25, 0.3) is 0 Å². The molecule has 0 aliphatic carbocycles. The predicted octanol–water partition coefficient (Wildman–Crippen LogP) is -13.8. The quantitative estimate of drug-likeness (QED) is 0.00868. The number of nitrogen functional groups attached to an aromatic ring is 2. The molecule has 2 fully saturated rings. The van der Waals surface area contributed by atoms with Gasteiger partial charge in [-0.15, -0.1) is 22.7 Å². The van der Waals surface area contributed by atoms with Gasteiger partial charge in [-0.25, -0.2) is 28.2 Å². The van der Waals surface area contributed by atoms with Crippen molar-refractivity contribution in [2.45, 2.75) is 76.2 Å². The van der Waals surface area contributed by atoms with Crippen LogP contribution >= 0.6 is 22.7 Å². The van der Waals surface area contributed by atoms with Crippen LogP contribution in [0.1, 0.15) is 50.5 Å². The number of rotatable bonds is 22. The molecule has 4 atom stereocenters. The minimum Gasteiger partial charge on any atom is -0.546 e. The van der Waals surface area contributed by atoms with Gasteiger partial charge in [0.2, 0.25) is 10.9 Å². The van der Waals surface area contributed by atoms with E-state index < -0.39 is 164 Å². The zero-order valence-electron chi connectivity index (χ0n) is 45.0. The van der Waals surface area contributed by atoms with Gasteiger partial charge in [0.1, 0.15) is 23.5 Å². The number of amides is 8. The van der Waals surface area contributed by atoms with Gasteiger partial charge in [0.25, 0.3) is 23.6 Å². The number of carbonyl (C=O) groups excluding carboxylic acids is 8. The Morgan fingerprint density at radius 1 is 0.640 bits per heavy atom. The number of carbonyl (C=O) groups is 8. The van der Waals surface area contributed by atoms with Crippen molar-refractivity contribution in [2.24, 2.45) is 10.3 Å². The summed E-state index contributed by atoms with van der Waals surface area (Å²) < 4.78 is 66.7. The average Bonchev–Trinajstić information content (AvgIpc) is 0.886. The smallest absolute Gasteiger partial charge is 0.546 e. The van der Waals surface area contributed by atoms with Crippen LogP contribution in [0, 0.1) is 0 Å². The first-order chi connectivity index (χ1) is 38.8. The number of urea groups is 2. The first-order valence-electron chi connectivity index (χ1n) is 22.8. The van der Waals surface area contributed by atoms with Gasteiger partial charge in [-0.05, 0) is 27.7 Å². The van der Waals surface area contributed by atoms with E-state index in [4.69, 9.17) is 21.1 Å². The van der Waals surface area contributed by atoms with Crippen LogP contribution in [0.4, 0.5) is 19.9 Å². The van der Waals surface area contributed by atoms with Crippen molar-refractivity contribution in [3.63, 3.8) is 0 Å². The molecule has 456 valence electrons. The molecule has 46 heteroatoms. The fourth-order valence-electron chi connectivity index (χ4n) is 6.57. The Bertz CT molecular complexity index is 3480. The van der Waals surface area contributed by atoms with E-state index in [0.29, 0.717) is 21.9 Å². The van der Waals surface area contributed by atoms with E-state index in [1.54, 1.807) is 0 Å². The molecule has 8 amide bonds. The van der Waals surface area contributed by atoms with E-state index in [1.165, 1.54) is 10.8 Å². The van der Waals surface area contributed by atoms with Crippen LogP contribution in [-0.2, 0) is 72.1 Å². The number of aliphatic carboxylic acids is 2. The summed E-state index contributed by atoms with van der Waals surface area (Å²) in [6.07, 6.45) is 1.38. The maximum atomic E-state index is 13.1. The minimum absolute atomic E-state index is 0. The van der Waals surface area contributed by atoms with Gasteiger partial charge < -0.3 is 93.5 Å². The van der Waals surface area contributed by atoms with Gasteiger partial charge in [-0.3, -0.25) is 37.9 Å². The molecule has 0 spiro atoms. The molecule has 0 radical (unpaired) electrons. The third-order valence-electron chi connectivity index (χ3n) is 11.1. The molecule has 16 N–H and O–H groups in total. The summed E-state index contributed by atoms with van der Waals surface area (Å²) in [6.45, 7) is 2.09.